The Morgan fingerprint density at radius 2 is 1.52 bits per heavy atom. The van der Waals surface area contributed by atoms with Gasteiger partial charge < -0.3 is 10.2 Å². The highest BCUT2D eigenvalue weighted by molar-refractivity contribution is 5.23. The Morgan fingerprint density at radius 1 is 0.857 bits per heavy atom. The molecule has 2 nitrogen and oxygen atoms in total. The highest BCUT2D eigenvalue weighted by Crippen LogP contribution is 2.28. The number of aliphatic hydroxyl groups is 2. The van der Waals surface area contributed by atoms with Crippen molar-refractivity contribution in [1.29, 1.82) is 0 Å². The molecule has 0 aromatic heterocycles. The van der Waals surface area contributed by atoms with Crippen molar-refractivity contribution in [3.8, 4) is 0 Å². The van der Waals surface area contributed by atoms with Crippen LogP contribution in [0.3, 0.4) is 0 Å². The van der Waals surface area contributed by atoms with Gasteiger partial charge in [-0.25, -0.2) is 8.78 Å². The van der Waals surface area contributed by atoms with E-state index in [1.807, 2.05) is 30.3 Å². The summed E-state index contributed by atoms with van der Waals surface area (Å²) in [4.78, 5) is 0. The number of aliphatic hydroxyl groups excluding tert-OH is 2. The number of hydrogen-bond acceptors (Lipinski definition) is 2. The van der Waals surface area contributed by atoms with Gasteiger partial charge >= 0.3 is 0 Å². The van der Waals surface area contributed by atoms with E-state index in [1.165, 1.54) is 12.1 Å². The first-order chi connectivity index (χ1) is 10.1. The van der Waals surface area contributed by atoms with Crippen molar-refractivity contribution in [1.82, 2.24) is 0 Å². The van der Waals surface area contributed by atoms with Crippen LogP contribution in [0.5, 0.6) is 0 Å². The Labute approximate surface area is 122 Å². The maximum absolute atomic E-state index is 13.8. The topological polar surface area (TPSA) is 40.5 Å². The van der Waals surface area contributed by atoms with Gasteiger partial charge in [0.2, 0.25) is 0 Å². The smallest absolute Gasteiger partial charge is 0.129 e. The zero-order valence-electron chi connectivity index (χ0n) is 11.6. The minimum absolute atomic E-state index is 0.140. The molecule has 0 saturated carbocycles. The van der Waals surface area contributed by atoms with Crippen LogP contribution in [-0.2, 0) is 12.8 Å². The molecule has 0 heterocycles. The molecule has 4 heteroatoms. The van der Waals surface area contributed by atoms with Crippen LogP contribution < -0.4 is 0 Å². The van der Waals surface area contributed by atoms with Crippen LogP contribution in [0.4, 0.5) is 8.78 Å². The van der Waals surface area contributed by atoms with Gasteiger partial charge in [0.1, 0.15) is 11.6 Å². The van der Waals surface area contributed by atoms with E-state index in [9.17, 15) is 19.0 Å². The Bertz CT molecular complexity index is 581. The molecule has 0 amide bonds. The van der Waals surface area contributed by atoms with Crippen molar-refractivity contribution in [3.05, 3.63) is 71.3 Å². The van der Waals surface area contributed by atoms with Crippen LogP contribution in [0.2, 0.25) is 0 Å². The quantitative estimate of drug-likeness (QED) is 0.859. The summed E-state index contributed by atoms with van der Waals surface area (Å²) >= 11 is 0. The molecule has 0 spiro atoms. The van der Waals surface area contributed by atoms with Gasteiger partial charge in [0.15, 0.2) is 0 Å². The van der Waals surface area contributed by atoms with Gasteiger partial charge in [0, 0.05) is 11.5 Å². The molecule has 0 fully saturated rings. The molecular weight excluding hydrogens is 274 g/mol. The van der Waals surface area contributed by atoms with Gasteiger partial charge in [-0.1, -0.05) is 36.4 Å². The van der Waals surface area contributed by atoms with E-state index in [4.69, 9.17) is 0 Å². The lowest BCUT2D eigenvalue weighted by Gasteiger charge is -2.30. The molecule has 2 N–H and O–H groups in total. The first-order valence-corrected chi connectivity index (χ1v) is 6.78. The Morgan fingerprint density at radius 3 is 2.10 bits per heavy atom. The SMILES string of the molecule is OCC(CO)(Cc1ccccc1)Cc1ccc(F)cc1F. The van der Waals surface area contributed by atoms with Crippen molar-refractivity contribution in [3.63, 3.8) is 0 Å². The van der Waals surface area contributed by atoms with E-state index in [-0.39, 0.29) is 25.2 Å². The molecule has 0 atom stereocenters. The fourth-order valence-corrected chi connectivity index (χ4v) is 2.43. The fraction of sp³-hybridized carbons (Fsp3) is 0.294. The summed E-state index contributed by atoms with van der Waals surface area (Å²) in [5.74, 6) is -1.30. The summed E-state index contributed by atoms with van der Waals surface area (Å²) in [6.45, 7) is -0.565. The standard InChI is InChI=1S/C17H18F2O2/c18-15-7-6-14(16(19)8-15)10-17(11-20,12-21)9-13-4-2-1-3-5-13/h1-8,20-21H,9-12H2. The summed E-state index contributed by atoms with van der Waals surface area (Å²) in [6, 6.07) is 12.7. The predicted molar refractivity (Wildman–Crippen MR) is 76.8 cm³/mol. The largest absolute Gasteiger partial charge is 0.396 e. The van der Waals surface area contributed by atoms with Gasteiger partial charge in [0.25, 0.3) is 0 Å². The van der Waals surface area contributed by atoms with Crippen molar-refractivity contribution in [2.24, 2.45) is 5.41 Å². The minimum Gasteiger partial charge on any atom is -0.396 e. The normalized spacial score (nSPS) is 11.6. The average molecular weight is 292 g/mol. The third-order valence-corrected chi connectivity index (χ3v) is 3.67. The molecule has 2 aromatic rings. The van der Waals surface area contributed by atoms with Crippen molar-refractivity contribution in [2.45, 2.75) is 12.8 Å². The molecule has 0 saturated heterocycles. The Balaban J connectivity index is 2.25. The maximum Gasteiger partial charge on any atom is 0.129 e. The molecule has 2 aromatic carbocycles. The second kappa shape index (κ2) is 6.78. The highest BCUT2D eigenvalue weighted by Gasteiger charge is 2.30. The summed E-state index contributed by atoms with van der Waals surface area (Å²) in [6.07, 6.45) is 0.554. The van der Waals surface area contributed by atoms with E-state index in [1.54, 1.807) is 0 Å². The highest BCUT2D eigenvalue weighted by atomic mass is 19.1. The number of rotatable bonds is 6. The lowest BCUT2D eigenvalue weighted by molar-refractivity contribution is 0.0541. The van der Waals surface area contributed by atoms with Crippen molar-refractivity contribution >= 4 is 0 Å². The molecule has 0 aliphatic heterocycles. The maximum atomic E-state index is 13.8. The molecule has 0 bridgehead atoms. The fourth-order valence-electron chi connectivity index (χ4n) is 2.43. The minimum atomic E-state index is -0.875. The van der Waals surface area contributed by atoms with E-state index >= 15 is 0 Å². The molecule has 0 radical (unpaired) electrons. The average Bonchev–Trinajstić information content (AvgIpc) is 2.50. The number of hydrogen-bond donors (Lipinski definition) is 2. The monoisotopic (exact) mass is 292 g/mol. The Kier molecular flexibility index (Phi) is 5.04. The van der Waals surface area contributed by atoms with Gasteiger partial charge in [-0.3, -0.25) is 0 Å². The van der Waals surface area contributed by atoms with E-state index in [0.29, 0.717) is 6.42 Å². The van der Waals surface area contributed by atoms with E-state index < -0.39 is 17.0 Å². The molecule has 0 unspecified atom stereocenters. The molecule has 112 valence electrons. The zero-order valence-corrected chi connectivity index (χ0v) is 11.6. The molecular formula is C17H18F2O2. The predicted octanol–water partition coefficient (Wildman–Crippen LogP) is 2.72. The van der Waals surface area contributed by atoms with E-state index in [0.717, 1.165) is 11.6 Å². The second-order valence-corrected chi connectivity index (χ2v) is 5.39. The van der Waals surface area contributed by atoms with Gasteiger partial charge in [-0.05, 0) is 30.0 Å². The molecule has 0 aliphatic carbocycles. The number of halogens is 2. The summed E-state index contributed by atoms with van der Waals surface area (Å²) in [5, 5.41) is 19.4. The van der Waals surface area contributed by atoms with Gasteiger partial charge in [0.05, 0.1) is 13.2 Å². The first-order valence-electron chi connectivity index (χ1n) is 6.78. The molecule has 21 heavy (non-hydrogen) atoms. The van der Waals surface area contributed by atoms with Crippen LogP contribution in [-0.4, -0.2) is 23.4 Å². The number of benzene rings is 2. The van der Waals surface area contributed by atoms with E-state index in [2.05, 4.69) is 0 Å². The van der Waals surface area contributed by atoms with Crippen molar-refractivity contribution < 1.29 is 19.0 Å². The first kappa shape index (κ1) is 15.6. The lowest BCUT2D eigenvalue weighted by atomic mass is 9.77. The summed E-state index contributed by atoms with van der Waals surface area (Å²) in [7, 11) is 0. The van der Waals surface area contributed by atoms with Crippen LogP contribution in [0.15, 0.2) is 48.5 Å². The van der Waals surface area contributed by atoms with Gasteiger partial charge in [-0.2, -0.15) is 0 Å². The van der Waals surface area contributed by atoms with Crippen LogP contribution in [0, 0.1) is 17.0 Å². The van der Waals surface area contributed by atoms with Crippen molar-refractivity contribution in [2.75, 3.05) is 13.2 Å². The molecule has 0 aliphatic rings. The Hall–Kier alpha value is -1.78. The van der Waals surface area contributed by atoms with Crippen LogP contribution in [0.25, 0.3) is 0 Å². The zero-order chi connectivity index (χ0) is 15.3. The summed E-state index contributed by atoms with van der Waals surface area (Å²) in [5.41, 5.74) is 0.360. The third-order valence-electron chi connectivity index (χ3n) is 3.67. The van der Waals surface area contributed by atoms with Crippen LogP contribution in [0.1, 0.15) is 11.1 Å². The molecule has 2 rings (SSSR count). The second-order valence-electron chi connectivity index (χ2n) is 5.39. The summed E-state index contributed by atoms with van der Waals surface area (Å²) < 4.78 is 26.7. The van der Waals surface area contributed by atoms with Crippen LogP contribution >= 0.6 is 0 Å². The van der Waals surface area contributed by atoms with Gasteiger partial charge in [-0.15, -0.1) is 0 Å². The third kappa shape index (κ3) is 3.86. The lowest BCUT2D eigenvalue weighted by Crippen LogP contribution is -2.35.